The van der Waals surface area contributed by atoms with Crippen LogP contribution in [-0.4, -0.2) is 103 Å². The zero-order valence-electron chi connectivity index (χ0n) is 31.4. The molecule has 56 heavy (non-hydrogen) atoms. The quantitative estimate of drug-likeness (QED) is 0.116. The number of benzene rings is 2. The molecule has 4 atom stereocenters. The molecule has 0 aliphatic carbocycles. The van der Waals surface area contributed by atoms with Crippen molar-refractivity contribution in [3.8, 4) is 0 Å². The highest BCUT2D eigenvalue weighted by Gasteiger charge is 2.46. The van der Waals surface area contributed by atoms with E-state index < -0.39 is 66.8 Å². The predicted octanol–water partition coefficient (Wildman–Crippen LogP) is 1.78. The minimum atomic E-state index is -5.06. The van der Waals surface area contributed by atoms with Crippen molar-refractivity contribution >= 4 is 59.5 Å². The molecule has 6 amide bonds. The van der Waals surface area contributed by atoms with Gasteiger partial charge in [-0.05, 0) is 67.0 Å². The Labute approximate surface area is 323 Å². The highest BCUT2D eigenvalue weighted by atomic mass is 31.2. The summed E-state index contributed by atoms with van der Waals surface area (Å²) in [7, 11) is -5.06. The number of nitrogens with two attached hydrogens (primary N) is 1. The van der Waals surface area contributed by atoms with Gasteiger partial charge in [-0.3, -0.25) is 38.1 Å². The molecule has 2 aliphatic heterocycles. The normalized spacial score (nSPS) is 19.2. The molecule has 2 aromatic carbocycles. The average Bonchev–Trinajstić information content (AvgIpc) is 3.79. The topological polar surface area (TPSA) is 261 Å². The smallest absolute Gasteiger partial charge is 0.370 e. The molecule has 300 valence electrons. The van der Waals surface area contributed by atoms with Gasteiger partial charge in [-0.25, -0.2) is 0 Å². The molecule has 0 radical (unpaired) electrons. The number of fused-ring (bicyclic) bond motifs is 2. The van der Waals surface area contributed by atoms with Crippen molar-refractivity contribution in [3.63, 3.8) is 0 Å². The summed E-state index contributed by atoms with van der Waals surface area (Å²) < 4.78 is 11.5. The van der Waals surface area contributed by atoms with Crippen molar-refractivity contribution in [2.24, 2.45) is 5.73 Å². The molecule has 5 rings (SSSR count). The molecule has 3 heterocycles. The second kappa shape index (κ2) is 17.6. The minimum Gasteiger partial charge on any atom is -0.370 e. The number of aromatic amines is 1. The number of hydrogen-bond donors (Lipinski definition) is 7. The van der Waals surface area contributed by atoms with Crippen molar-refractivity contribution in [1.82, 2.24) is 30.7 Å². The number of carbonyl (C=O) groups excluding carboxylic acids is 7. The Bertz CT molecular complexity index is 2060. The lowest BCUT2D eigenvalue weighted by molar-refractivity contribution is -0.145. The molecule has 0 bridgehead atoms. The van der Waals surface area contributed by atoms with Crippen LogP contribution in [0, 0.1) is 0 Å². The van der Waals surface area contributed by atoms with Crippen LogP contribution >= 0.6 is 7.60 Å². The van der Waals surface area contributed by atoms with Crippen LogP contribution in [-0.2, 0) is 35.1 Å². The average molecular weight is 794 g/mol. The van der Waals surface area contributed by atoms with E-state index in [1.54, 1.807) is 6.92 Å². The van der Waals surface area contributed by atoms with E-state index in [9.17, 15) is 47.9 Å². The van der Waals surface area contributed by atoms with Crippen molar-refractivity contribution < 1.29 is 47.9 Å². The maximum atomic E-state index is 14.4. The Morgan fingerprint density at radius 2 is 1.71 bits per heavy atom. The lowest BCUT2D eigenvalue weighted by Crippen LogP contribution is -2.62. The van der Waals surface area contributed by atoms with E-state index in [-0.39, 0.29) is 62.5 Å². The molecular weight excluding hydrogens is 745 g/mol. The Balaban J connectivity index is 1.34. The Morgan fingerprint density at radius 3 is 2.36 bits per heavy atom. The number of nitrogens with zero attached hydrogens (tertiary/aromatic N) is 2. The van der Waals surface area contributed by atoms with Crippen LogP contribution in [0.2, 0.25) is 0 Å². The fraction of sp³-hybridized carbons (Fsp3) is 0.447. The number of primary amides is 1. The van der Waals surface area contributed by atoms with Crippen molar-refractivity contribution in [2.45, 2.75) is 95.9 Å². The molecule has 18 heteroatoms. The van der Waals surface area contributed by atoms with E-state index in [0.717, 1.165) is 11.1 Å². The number of H-pyrrole nitrogens is 1. The van der Waals surface area contributed by atoms with Gasteiger partial charge >= 0.3 is 7.60 Å². The van der Waals surface area contributed by atoms with Crippen molar-refractivity contribution in [2.75, 3.05) is 13.1 Å². The van der Waals surface area contributed by atoms with Crippen LogP contribution in [0.1, 0.15) is 97.2 Å². The first-order valence-electron chi connectivity index (χ1n) is 18.6. The van der Waals surface area contributed by atoms with Gasteiger partial charge in [-0.1, -0.05) is 45.0 Å². The number of hydrogen-bond acceptors (Lipinski definition) is 8. The first-order valence-corrected chi connectivity index (χ1v) is 20.2. The largest absolute Gasteiger partial charge is 0.396 e. The Kier molecular flexibility index (Phi) is 13.1. The fourth-order valence-electron chi connectivity index (χ4n) is 7.14. The van der Waals surface area contributed by atoms with Crippen LogP contribution in [0.4, 0.5) is 0 Å². The van der Waals surface area contributed by atoms with Gasteiger partial charge in [-0.15, -0.1) is 0 Å². The summed E-state index contributed by atoms with van der Waals surface area (Å²) >= 11 is 0. The summed E-state index contributed by atoms with van der Waals surface area (Å²) in [6.07, 6.45) is 0.942. The van der Waals surface area contributed by atoms with Gasteiger partial charge in [0.05, 0.1) is 0 Å². The molecule has 2 fully saturated rings. The molecular formula is C38H48N7O10P. The first-order chi connectivity index (χ1) is 26.5. The van der Waals surface area contributed by atoms with Crippen molar-refractivity contribution in [1.29, 1.82) is 0 Å². The molecule has 8 N–H and O–H groups in total. The number of nitrogens with one attached hydrogen (secondary N) is 4. The van der Waals surface area contributed by atoms with Gasteiger partial charge in [0.25, 0.3) is 11.4 Å². The van der Waals surface area contributed by atoms with E-state index in [2.05, 4.69) is 34.8 Å². The van der Waals surface area contributed by atoms with Gasteiger partial charge in [0.1, 0.15) is 23.8 Å². The van der Waals surface area contributed by atoms with Gasteiger partial charge in [0.15, 0.2) is 0 Å². The second-order valence-corrected chi connectivity index (χ2v) is 16.0. The predicted molar refractivity (Wildman–Crippen MR) is 204 cm³/mol. The van der Waals surface area contributed by atoms with Crippen LogP contribution in [0.15, 0.2) is 48.5 Å². The fourth-order valence-corrected chi connectivity index (χ4v) is 7.61. The maximum Gasteiger partial charge on any atom is 0.396 e. The molecule has 1 aromatic heterocycles. The highest BCUT2D eigenvalue weighted by molar-refractivity contribution is 7.70. The van der Waals surface area contributed by atoms with Crippen molar-refractivity contribution in [3.05, 3.63) is 70.9 Å². The minimum absolute atomic E-state index is 0.0320. The van der Waals surface area contributed by atoms with Crippen LogP contribution < -0.4 is 21.7 Å². The molecule has 3 aromatic rings. The number of rotatable bonds is 14. The van der Waals surface area contributed by atoms with E-state index in [0.29, 0.717) is 29.7 Å². The van der Waals surface area contributed by atoms with E-state index in [1.807, 2.05) is 24.3 Å². The molecule has 0 spiro atoms. The van der Waals surface area contributed by atoms with E-state index >= 15 is 0 Å². The second-order valence-electron chi connectivity index (χ2n) is 14.5. The summed E-state index contributed by atoms with van der Waals surface area (Å²) in [6.45, 7) is 6.08. The summed E-state index contributed by atoms with van der Waals surface area (Å²) in [5.41, 5.74) is 6.08. The lowest BCUT2D eigenvalue weighted by Gasteiger charge is -2.39. The van der Waals surface area contributed by atoms with Gasteiger partial charge < -0.3 is 46.3 Å². The summed E-state index contributed by atoms with van der Waals surface area (Å²) in [4.78, 5) is 117. The maximum absolute atomic E-state index is 14.4. The summed E-state index contributed by atoms with van der Waals surface area (Å²) in [5, 5.41) is 8.55. The van der Waals surface area contributed by atoms with Crippen LogP contribution in [0.3, 0.4) is 0 Å². The van der Waals surface area contributed by atoms with E-state index in [1.165, 1.54) is 34.1 Å². The first kappa shape index (κ1) is 41.8. The van der Waals surface area contributed by atoms with Gasteiger partial charge in [-0.2, -0.15) is 0 Å². The monoisotopic (exact) mass is 793 g/mol. The van der Waals surface area contributed by atoms with E-state index in [4.69, 9.17) is 5.73 Å². The number of amides is 6. The Morgan fingerprint density at radius 1 is 1.00 bits per heavy atom. The molecule has 0 unspecified atom stereocenters. The SMILES string of the molecule is CCC(=O)N1CC[C@H]2CC[C@@H](C(=O)N[C@@H](CCC(N)=O)C(=O)NCc3ccc(C(C)C)cc3)N2C(=O)[C@@H](NC(=O)c2cc3cc(C(=O)P(=O)(O)O)ccc3[nH]2)C1. The highest BCUT2D eigenvalue weighted by Crippen LogP contribution is 2.39. The molecule has 0 saturated carbocycles. The third-order valence-corrected chi connectivity index (χ3v) is 11.0. The molecule has 2 aliphatic rings. The van der Waals surface area contributed by atoms with Gasteiger partial charge in [0.2, 0.25) is 29.5 Å². The molecule has 2 saturated heterocycles. The third kappa shape index (κ3) is 9.88. The van der Waals surface area contributed by atoms with Crippen LogP contribution in [0.5, 0.6) is 0 Å². The zero-order valence-corrected chi connectivity index (χ0v) is 32.3. The number of aromatic nitrogens is 1. The number of carbonyl (C=O) groups is 7. The van der Waals surface area contributed by atoms with Gasteiger partial charge in [0, 0.05) is 55.0 Å². The summed E-state index contributed by atoms with van der Waals surface area (Å²) in [5.74, 6) is -3.05. The lowest BCUT2D eigenvalue weighted by atomic mass is 10.0. The zero-order chi connectivity index (χ0) is 40.9. The molecule has 17 nitrogen and oxygen atoms in total. The standard InChI is InChI=1S/C38H48N7O10P/c1-4-33(47)44-16-15-26-10-13-31(36(50)42-28(12-14-32(39)46)34(48)40-19-22-5-7-23(8-6-22)21(2)3)45(26)37(51)30(20-44)43-35(49)29-18-25-17-24(9-11-27(25)41-29)38(52)56(53,54)55/h5-9,11,17-18,21,26,28,30-31,41H,4,10,12-16,19-20H2,1-3H3,(H2,39,46)(H,40,48)(H,42,50)(H,43,49)(H2,53,54,55)/t26-,28+,30+,31+/m1/s1. The summed E-state index contributed by atoms with van der Waals surface area (Å²) in [6, 6.07) is 9.01. The van der Waals surface area contributed by atoms with Crippen LogP contribution in [0.25, 0.3) is 10.9 Å². The Hall–Kier alpha value is -5.38. The third-order valence-electron chi connectivity index (χ3n) is 10.3.